The zero-order valence-electron chi connectivity index (χ0n) is 23.3. The van der Waals surface area contributed by atoms with Gasteiger partial charge < -0.3 is 15.7 Å². The third-order valence-electron chi connectivity index (χ3n) is 7.48. The first-order valence-corrected chi connectivity index (χ1v) is 13.5. The lowest BCUT2D eigenvalue weighted by molar-refractivity contribution is -0.130. The summed E-state index contributed by atoms with van der Waals surface area (Å²) in [7, 11) is 0. The Kier molecular flexibility index (Phi) is 9.18. The predicted molar refractivity (Wildman–Crippen MR) is 145 cm³/mol. The number of amides is 1. The normalized spacial score (nSPS) is 17.8. The van der Waals surface area contributed by atoms with Crippen LogP contribution in [-0.2, 0) is 22.2 Å². The number of hydrogen-bond acceptors (Lipinski definition) is 3. The molecule has 2 atom stereocenters. The van der Waals surface area contributed by atoms with Crippen LogP contribution in [0.2, 0.25) is 0 Å². The highest BCUT2D eigenvalue weighted by molar-refractivity contribution is 5.81. The summed E-state index contributed by atoms with van der Waals surface area (Å²) >= 11 is 0. The van der Waals surface area contributed by atoms with E-state index in [0.29, 0.717) is 5.56 Å². The van der Waals surface area contributed by atoms with Crippen molar-refractivity contribution >= 4 is 5.91 Å². The third-order valence-corrected chi connectivity index (χ3v) is 7.48. The molecule has 0 bridgehead atoms. The molecule has 1 aliphatic rings. The second-order valence-corrected chi connectivity index (χ2v) is 12.7. The van der Waals surface area contributed by atoms with Crippen LogP contribution in [0.15, 0.2) is 42.5 Å². The highest BCUT2D eigenvalue weighted by Gasteiger charge is 2.36. The molecule has 204 valence electrons. The maximum atomic E-state index is 13.9. The lowest BCUT2D eigenvalue weighted by Crippen LogP contribution is -2.54. The molecule has 0 spiro atoms. The summed E-state index contributed by atoms with van der Waals surface area (Å²) in [6.07, 6.45) is 4.45. The van der Waals surface area contributed by atoms with Crippen molar-refractivity contribution in [1.29, 1.82) is 0 Å². The molecule has 0 saturated heterocycles. The number of rotatable bonds is 8. The third kappa shape index (κ3) is 7.84. The van der Waals surface area contributed by atoms with Gasteiger partial charge in [-0.05, 0) is 53.5 Å². The highest BCUT2D eigenvalue weighted by Crippen LogP contribution is 2.38. The van der Waals surface area contributed by atoms with Gasteiger partial charge in [0.05, 0.1) is 12.1 Å². The topological polar surface area (TPSA) is 61.4 Å². The molecule has 1 saturated carbocycles. The second-order valence-electron chi connectivity index (χ2n) is 12.7. The number of aliphatic hydroxyl groups is 1. The van der Waals surface area contributed by atoms with Gasteiger partial charge in [-0.2, -0.15) is 0 Å². The molecule has 37 heavy (non-hydrogen) atoms. The van der Waals surface area contributed by atoms with Gasteiger partial charge in [0.1, 0.15) is 11.6 Å². The molecule has 3 rings (SSSR count). The van der Waals surface area contributed by atoms with Gasteiger partial charge in [-0.15, -0.1) is 0 Å². The van der Waals surface area contributed by atoms with Gasteiger partial charge in [0.25, 0.3) is 0 Å². The smallest absolute Gasteiger partial charge is 0.225 e. The monoisotopic (exact) mass is 514 g/mol. The summed E-state index contributed by atoms with van der Waals surface area (Å²) in [5, 5.41) is 18.0. The van der Waals surface area contributed by atoms with Crippen molar-refractivity contribution in [1.82, 2.24) is 10.6 Å². The summed E-state index contributed by atoms with van der Waals surface area (Å²) in [6, 6.07) is 11.3. The molecule has 2 unspecified atom stereocenters. The van der Waals surface area contributed by atoms with E-state index in [0.717, 1.165) is 31.7 Å². The van der Waals surface area contributed by atoms with Crippen LogP contribution >= 0.6 is 0 Å². The van der Waals surface area contributed by atoms with Crippen molar-refractivity contribution in [3.8, 4) is 0 Å². The molecule has 4 nitrogen and oxygen atoms in total. The summed E-state index contributed by atoms with van der Waals surface area (Å²) in [4.78, 5) is 12.8. The van der Waals surface area contributed by atoms with Crippen LogP contribution in [0, 0.1) is 17.0 Å². The number of aliphatic hydroxyl groups excluding tert-OH is 1. The molecule has 2 aromatic rings. The van der Waals surface area contributed by atoms with Crippen molar-refractivity contribution in [3.05, 3.63) is 70.8 Å². The number of benzene rings is 2. The fourth-order valence-corrected chi connectivity index (χ4v) is 5.10. The highest BCUT2D eigenvalue weighted by atomic mass is 19.1. The van der Waals surface area contributed by atoms with Crippen LogP contribution in [0.3, 0.4) is 0 Å². The van der Waals surface area contributed by atoms with E-state index in [4.69, 9.17) is 0 Å². The van der Waals surface area contributed by atoms with Gasteiger partial charge >= 0.3 is 0 Å². The van der Waals surface area contributed by atoms with Gasteiger partial charge in [-0.3, -0.25) is 4.79 Å². The Labute approximate surface area is 221 Å². The summed E-state index contributed by atoms with van der Waals surface area (Å²) < 4.78 is 27.7. The Hall–Kier alpha value is -2.31. The Balaban J connectivity index is 1.85. The Bertz CT molecular complexity index is 1050. The maximum absolute atomic E-state index is 13.9. The number of nitrogens with one attached hydrogen (secondary N) is 2. The van der Waals surface area contributed by atoms with Crippen LogP contribution < -0.4 is 10.6 Å². The molecule has 1 amide bonds. The van der Waals surface area contributed by atoms with E-state index in [1.54, 1.807) is 20.8 Å². The summed E-state index contributed by atoms with van der Waals surface area (Å²) in [5.41, 5.74) is 1.95. The molecule has 1 fully saturated rings. The van der Waals surface area contributed by atoms with Crippen LogP contribution in [0.5, 0.6) is 0 Å². The predicted octanol–water partition coefficient (Wildman–Crippen LogP) is 6.15. The lowest BCUT2D eigenvalue weighted by atomic mass is 9.74. The van der Waals surface area contributed by atoms with Gasteiger partial charge in [0.15, 0.2) is 0 Å². The van der Waals surface area contributed by atoms with E-state index < -0.39 is 29.2 Å². The second kappa shape index (κ2) is 11.6. The molecule has 2 aromatic carbocycles. The molecular formula is C31H44F2N2O2. The summed E-state index contributed by atoms with van der Waals surface area (Å²) in [6.45, 7) is 12.2. The Morgan fingerprint density at radius 3 is 2.16 bits per heavy atom. The number of carbonyl (C=O) groups is 1. The zero-order chi connectivity index (χ0) is 27.4. The first-order chi connectivity index (χ1) is 17.2. The molecular weight excluding hydrogens is 470 g/mol. The van der Waals surface area contributed by atoms with Gasteiger partial charge in [-0.25, -0.2) is 8.78 Å². The fraction of sp³-hybridized carbons (Fsp3) is 0.581. The van der Waals surface area contributed by atoms with Crippen molar-refractivity contribution in [2.75, 3.05) is 6.54 Å². The van der Waals surface area contributed by atoms with E-state index in [9.17, 15) is 18.7 Å². The lowest BCUT2D eigenvalue weighted by Gasteiger charge is -2.41. The van der Waals surface area contributed by atoms with Crippen molar-refractivity contribution < 1.29 is 18.7 Å². The molecule has 3 N–H and O–H groups in total. The van der Waals surface area contributed by atoms with Crippen LogP contribution in [-0.4, -0.2) is 29.7 Å². The first-order valence-electron chi connectivity index (χ1n) is 13.5. The Morgan fingerprint density at radius 1 is 0.973 bits per heavy atom. The fourth-order valence-electron chi connectivity index (χ4n) is 5.10. The molecule has 6 heteroatoms. The number of halogens is 2. The van der Waals surface area contributed by atoms with Crippen molar-refractivity contribution in [3.63, 3.8) is 0 Å². The first kappa shape index (κ1) is 29.2. The van der Waals surface area contributed by atoms with Crippen molar-refractivity contribution in [2.45, 2.75) is 103 Å². The quantitative estimate of drug-likeness (QED) is 0.396. The minimum atomic E-state index is -0.956. The van der Waals surface area contributed by atoms with Gasteiger partial charge in [0, 0.05) is 23.6 Å². The van der Waals surface area contributed by atoms with Crippen LogP contribution in [0.1, 0.15) is 90.3 Å². The average Bonchev–Trinajstić information content (AvgIpc) is 2.81. The minimum absolute atomic E-state index is 0.0218. The van der Waals surface area contributed by atoms with Gasteiger partial charge in [0.2, 0.25) is 5.91 Å². The zero-order valence-corrected chi connectivity index (χ0v) is 23.3. The molecule has 0 aliphatic heterocycles. The van der Waals surface area contributed by atoms with E-state index in [-0.39, 0.29) is 29.8 Å². The van der Waals surface area contributed by atoms with Crippen LogP contribution in [0.4, 0.5) is 8.78 Å². The largest absolute Gasteiger partial charge is 0.390 e. The van der Waals surface area contributed by atoms with Crippen LogP contribution in [0.25, 0.3) is 0 Å². The summed E-state index contributed by atoms with van der Waals surface area (Å²) in [5.74, 6) is -1.58. The molecule has 0 aromatic heterocycles. The molecule has 1 aliphatic carbocycles. The van der Waals surface area contributed by atoms with E-state index >= 15 is 0 Å². The standard InChI is InChI=1S/C31H44F2N2O2/c1-29(2,3)22-11-10-12-23(18-22)31(13-8-7-9-14-31)34-20-27(36)26(35-28(37)30(4,5)6)17-21-15-24(32)19-25(33)16-21/h10-12,15-16,18-19,26-27,34,36H,7-9,13-14,17,20H2,1-6H3,(H,35,37). The van der Waals surface area contributed by atoms with E-state index in [2.05, 4.69) is 55.7 Å². The number of carbonyl (C=O) groups excluding carboxylic acids is 1. The SMILES string of the molecule is CC(C)(C)C(=O)NC(Cc1cc(F)cc(F)c1)C(O)CNC1(c2cccc(C(C)(C)C)c2)CCCCC1. The maximum Gasteiger partial charge on any atom is 0.225 e. The molecule has 0 heterocycles. The number of hydrogen-bond donors (Lipinski definition) is 3. The average molecular weight is 515 g/mol. The Morgan fingerprint density at radius 2 is 1.59 bits per heavy atom. The molecule has 0 radical (unpaired) electrons. The van der Waals surface area contributed by atoms with E-state index in [1.807, 2.05) is 0 Å². The minimum Gasteiger partial charge on any atom is -0.390 e. The van der Waals surface area contributed by atoms with Crippen molar-refractivity contribution in [2.24, 2.45) is 5.41 Å². The van der Waals surface area contributed by atoms with E-state index in [1.165, 1.54) is 29.7 Å². The van der Waals surface area contributed by atoms with Gasteiger partial charge in [-0.1, -0.05) is 85.1 Å².